The van der Waals surface area contributed by atoms with Crippen molar-refractivity contribution in [2.75, 3.05) is 0 Å². The molecule has 0 aliphatic heterocycles. The molecule has 1 aromatic carbocycles. The number of carbonyl (C=O) groups is 1. The van der Waals surface area contributed by atoms with Crippen molar-refractivity contribution in [3.05, 3.63) is 64.4 Å². The highest BCUT2D eigenvalue weighted by Gasteiger charge is 2.29. The van der Waals surface area contributed by atoms with Crippen LogP contribution in [-0.4, -0.2) is 11.0 Å². The van der Waals surface area contributed by atoms with Gasteiger partial charge in [-0.05, 0) is 29.8 Å². The Morgan fingerprint density at radius 2 is 1.86 bits per heavy atom. The van der Waals surface area contributed by atoms with E-state index in [1.54, 1.807) is 6.07 Å². The molecular formula is C14H9ClF3NO2. The van der Waals surface area contributed by atoms with Crippen molar-refractivity contribution in [2.45, 2.75) is 12.8 Å². The molecule has 0 aliphatic rings. The zero-order valence-corrected chi connectivity index (χ0v) is 11.3. The number of benzene rings is 1. The van der Waals surface area contributed by atoms with E-state index >= 15 is 0 Å². The standard InChI is InChI=1S/C14H9ClF3NO2/c15-11-2-1-7-19-12(11)13(20)21-8-9-3-5-10(6-4-9)14(16,17)18/h1-7H,8H2. The molecule has 0 radical (unpaired) electrons. The number of hydrogen-bond acceptors (Lipinski definition) is 3. The van der Waals surface area contributed by atoms with Crippen LogP contribution in [0.5, 0.6) is 0 Å². The fourth-order valence-corrected chi connectivity index (χ4v) is 1.74. The SMILES string of the molecule is O=C(OCc1ccc(C(F)(F)F)cc1)c1ncccc1Cl. The van der Waals surface area contributed by atoms with Gasteiger partial charge < -0.3 is 4.74 Å². The molecule has 0 saturated heterocycles. The number of aromatic nitrogens is 1. The van der Waals surface area contributed by atoms with Crippen LogP contribution in [0, 0.1) is 0 Å². The van der Waals surface area contributed by atoms with Crippen LogP contribution in [0.4, 0.5) is 13.2 Å². The number of alkyl halides is 3. The van der Waals surface area contributed by atoms with Crippen LogP contribution in [0.25, 0.3) is 0 Å². The van der Waals surface area contributed by atoms with E-state index in [2.05, 4.69) is 4.98 Å². The Bertz CT molecular complexity index is 641. The molecular weight excluding hydrogens is 307 g/mol. The second-order valence-corrected chi connectivity index (χ2v) is 4.51. The molecule has 0 fully saturated rings. The fraction of sp³-hybridized carbons (Fsp3) is 0.143. The molecule has 2 aromatic rings. The van der Waals surface area contributed by atoms with E-state index in [4.69, 9.17) is 16.3 Å². The number of pyridine rings is 1. The Labute approximate surface area is 123 Å². The van der Waals surface area contributed by atoms with Gasteiger partial charge in [0.2, 0.25) is 0 Å². The number of rotatable bonds is 3. The van der Waals surface area contributed by atoms with Crippen LogP contribution >= 0.6 is 11.6 Å². The van der Waals surface area contributed by atoms with Gasteiger partial charge in [0.15, 0.2) is 5.69 Å². The Hall–Kier alpha value is -2.08. The minimum Gasteiger partial charge on any atom is -0.456 e. The van der Waals surface area contributed by atoms with Crippen LogP contribution < -0.4 is 0 Å². The summed E-state index contributed by atoms with van der Waals surface area (Å²) >= 11 is 5.78. The average molecular weight is 316 g/mol. The highest BCUT2D eigenvalue weighted by molar-refractivity contribution is 6.33. The maximum absolute atomic E-state index is 12.4. The number of hydrogen-bond donors (Lipinski definition) is 0. The first kappa shape index (κ1) is 15.3. The van der Waals surface area contributed by atoms with Crippen molar-refractivity contribution < 1.29 is 22.7 Å². The quantitative estimate of drug-likeness (QED) is 0.800. The largest absolute Gasteiger partial charge is 0.456 e. The van der Waals surface area contributed by atoms with Gasteiger partial charge in [-0.25, -0.2) is 9.78 Å². The van der Waals surface area contributed by atoms with E-state index < -0.39 is 17.7 Å². The molecule has 3 nitrogen and oxygen atoms in total. The Morgan fingerprint density at radius 1 is 1.19 bits per heavy atom. The summed E-state index contributed by atoms with van der Waals surface area (Å²) in [5.74, 6) is -0.736. The third-order valence-corrected chi connectivity index (χ3v) is 2.91. The molecule has 0 amide bonds. The van der Waals surface area contributed by atoms with Crippen molar-refractivity contribution >= 4 is 17.6 Å². The smallest absolute Gasteiger partial charge is 0.416 e. The number of halogens is 4. The summed E-state index contributed by atoms with van der Waals surface area (Å²) < 4.78 is 42.1. The van der Waals surface area contributed by atoms with Gasteiger partial charge in [-0.3, -0.25) is 0 Å². The first-order valence-electron chi connectivity index (χ1n) is 5.81. The first-order valence-corrected chi connectivity index (χ1v) is 6.19. The molecule has 1 aromatic heterocycles. The Kier molecular flexibility index (Phi) is 4.47. The summed E-state index contributed by atoms with van der Waals surface area (Å²) in [5.41, 5.74) is -0.361. The molecule has 0 atom stereocenters. The van der Waals surface area contributed by atoms with Gasteiger partial charge in [-0.15, -0.1) is 0 Å². The van der Waals surface area contributed by atoms with Crippen molar-refractivity contribution in [3.63, 3.8) is 0 Å². The summed E-state index contributed by atoms with van der Waals surface area (Å²) in [7, 11) is 0. The fourth-order valence-electron chi connectivity index (χ4n) is 1.54. The minimum absolute atomic E-state index is 0.0360. The van der Waals surface area contributed by atoms with Crippen molar-refractivity contribution in [1.29, 1.82) is 0 Å². The molecule has 21 heavy (non-hydrogen) atoms. The molecule has 0 unspecified atom stereocenters. The Morgan fingerprint density at radius 3 is 2.43 bits per heavy atom. The van der Waals surface area contributed by atoms with Crippen molar-refractivity contribution in [2.24, 2.45) is 0 Å². The van der Waals surface area contributed by atoms with E-state index in [0.717, 1.165) is 12.1 Å². The van der Waals surface area contributed by atoms with Crippen LogP contribution in [0.2, 0.25) is 5.02 Å². The molecule has 2 rings (SSSR count). The highest BCUT2D eigenvalue weighted by atomic mass is 35.5. The number of nitrogens with zero attached hydrogens (tertiary/aromatic N) is 1. The molecule has 0 N–H and O–H groups in total. The lowest BCUT2D eigenvalue weighted by Gasteiger charge is -2.08. The summed E-state index contributed by atoms with van der Waals surface area (Å²) in [5, 5.41) is 0.148. The lowest BCUT2D eigenvalue weighted by Crippen LogP contribution is -2.08. The molecule has 110 valence electrons. The third kappa shape index (κ3) is 3.95. The lowest BCUT2D eigenvalue weighted by atomic mass is 10.1. The van der Waals surface area contributed by atoms with Crippen molar-refractivity contribution in [1.82, 2.24) is 4.98 Å². The van der Waals surface area contributed by atoms with Gasteiger partial charge in [-0.2, -0.15) is 13.2 Å². The second-order valence-electron chi connectivity index (χ2n) is 4.10. The minimum atomic E-state index is -4.39. The molecule has 7 heteroatoms. The monoisotopic (exact) mass is 315 g/mol. The van der Waals surface area contributed by atoms with E-state index in [1.165, 1.54) is 24.4 Å². The second kappa shape index (κ2) is 6.13. The van der Waals surface area contributed by atoms with E-state index in [1.807, 2.05) is 0 Å². The van der Waals surface area contributed by atoms with E-state index in [9.17, 15) is 18.0 Å². The molecule has 0 bridgehead atoms. The van der Waals surface area contributed by atoms with E-state index in [0.29, 0.717) is 5.56 Å². The van der Waals surface area contributed by atoms with Crippen LogP contribution in [0.3, 0.4) is 0 Å². The zero-order chi connectivity index (χ0) is 15.5. The van der Waals surface area contributed by atoms with Crippen molar-refractivity contribution in [3.8, 4) is 0 Å². The van der Waals surface area contributed by atoms with E-state index in [-0.39, 0.29) is 17.3 Å². The van der Waals surface area contributed by atoms with Crippen LogP contribution in [-0.2, 0) is 17.5 Å². The summed E-state index contributed by atoms with van der Waals surface area (Å²) in [6.45, 7) is -0.163. The average Bonchev–Trinajstić information content (AvgIpc) is 2.45. The summed E-state index contributed by atoms with van der Waals surface area (Å²) in [4.78, 5) is 15.5. The van der Waals surface area contributed by atoms with Gasteiger partial charge in [0, 0.05) is 6.20 Å². The van der Waals surface area contributed by atoms with Gasteiger partial charge in [0.1, 0.15) is 6.61 Å². The maximum atomic E-state index is 12.4. The summed E-state index contributed by atoms with van der Waals surface area (Å²) in [6, 6.07) is 7.40. The predicted molar refractivity (Wildman–Crippen MR) is 69.8 cm³/mol. The molecule has 0 saturated carbocycles. The lowest BCUT2D eigenvalue weighted by molar-refractivity contribution is -0.137. The molecule has 1 heterocycles. The topological polar surface area (TPSA) is 39.2 Å². The Balaban J connectivity index is 2.00. The normalized spacial score (nSPS) is 11.2. The number of carbonyl (C=O) groups excluding carboxylic acids is 1. The van der Waals surface area contributed by atoms with Crippen LogP contribution in [0.1, 0.15) is 21.6 Å². The highest BCUT2D eigenvalue weighted by Crippen LogP contribution is 2.29. The maximum Gasteiger partial charge on any atom is 0.416 e. The zero-order valence-electron chi connectivity index (χ0n) is 10.5. The first-order chi connectivity index (χ1) is 9.88. The third-order valence-electron chi connectivity index (χ3n) is 2.60. The molecule has 0 spiro atoms. The number of esters is 1. The molecule has 0 aliphatic carbocycles. The number of ether oxygens (including phenoxy) is 1. The predicted octanol–water partition coefficient (Wildman–Crippen LogP) is 4.11. The van der Waals surface area contributed by atoms with Gasteiger partial charge in [0.25, 0.3) is 0 Å². The summed E-state index contributed by atoms with van der Waals surface area (Å²) in [6.07, 6.45) is -3.00. The van der Waals surface area contributed by atoms with Crippen LogP contribution in [0.15, 0.2) is 42.6 Å². The van der Waals surface area contributed by atoms with Gasteiger partial charge >= 0.3 is 12.1 Å². The van der Waals surface area contributed by atoms with Gasteiger partial charge in [-0.1, -0.05) is 23.7 Å². The van der Waals surface area contributed by atoms with Gasteiger partial charge in [0.05, 0.1) is 10.6 Å².